The Morgan fingerprint density at radius 3 is 2.13 bits per heavy atom. The average molecular weight is 337 g/mol. The van der Waals surface area contributed by atoms with Gasteiger partial charge in [-0.2, -0.15) is 0 Å². The Bertz CT molecular complexity index is 647. The molecule has 0 bridgehead atoms. The third kappa shape index (κ3) is 4.29. The number of hydrogen-bond donors (Lipinski definition) is 0. The van der Waals surface area contributed by atoms with Crippen LogP contribution in [0.2, 0.25) is 5.02 Å². The predicted octanol–water partition coefficient (Wildman–Crippen LogP) is 3.63. The Labute approximate surface area is 139 Å². The molecule has 0 aliphatic rings. The van der Waals surface area contributed by atoms with Crippen LogP contribution in [0.15, 0.2) is 36.4 Å². The second kappa shape index (κ2) is 8.29. The molecule has 5 nitrogen and oxygen atoms in total. The van der Waals surface area contributed by atoms with Gasteiger partial charge < -0.3 is 18.9 Å². The maximum absolute atomic E-state index is 10.9. The summed E-state index contributed by atoms with van der Waals surface area (Å²) in [5, 5.41) is 0.540. The minimum Gasteiger partial charge on any atom is -0.493 e. The highest BCUT2D eigenvalue weighted by atomic mass is 35.5. The summed E-state index contributed by atoms with van der Waals surface area (Å²) >= 11 is 6.01. The standard InChI is InChI=1S/C17H17ClO5/c1-20-15-9-12(11-19)10-16(21-2)17(15)23-8-7-22-14-6-4-3-5-13(14)18/h3-6,9-11H,7-8H2,1-2H3. The van der Waals surface area contributed by atoms with E-state index in [0.717, 1.165) is 6.29 Å². The molecular formula is C17H17ClO5. The SMILES string of the molecule is COc1cc(C=O)cc(OC)c1OCCOc1ccccc1Cl. The van der Waals surface area contributed by atoms with Crippen molar-refractivity contribution < 1.29 is 23.7 Å². The number of carbonyl (C=O) groups is 1. The van der Waals surface area contributed by atoms with Crippen LogP contribution in [0.3, 0.4) is 0 Å². The molecule has 0 saturated carbocycles. The first-order valence-electron chi connectivity index (χ1n) is 6.91. The topological polar surface area (TPSA) is 54.0 Å². The van der Waals surface area contributed by atoms with Crippen LogP contribution in [0, 0.1) is 0 Å². The van der Waals surface area contributed by atoms with Gasteiger partial charge in [0, 0.05) is 5.56 Å². The highest BCUT2D eigenvalue weighted by Gasteiger charge is 2.14. The summed E-state index contributed by atoms with van der Waals surface area (Å²) in [6.07, 6.45) is 0.718. The van der Waals surface area contributed by atoms with Crippen LogP contribution in [0.25, 0.3) is 0 Å². The molecular weight excluding hydrogens is 320 g/mol. The van der Waals surface area contributed by atoms with Crippen LogP contribution < -0.4 is 18.9 Å². The number of benzene rings is 2. The number of methoxy groups -OCH3 is 2. The molecule has 0 N–H and O–H groups in total. The van der Waals surface area contributed by atoms with E-state index in [2.05, 4.69) is 0 Å². The van der Waals surface area contributed by atoms with Gasteiger partial charge in [-0.25, -0.2) is 0 Å². The summed E-state index contributed by atoms with van der Waals surface area (Å²) in [4.78, 5) is 10.9. The Morgan fingerprint density at radius 2 is 1.57 bits per heavy atom. The molecule has 0 heterocycles. The van der Waals surface area contributed by atoms with Crippen molar-refractivity contribution >= 4 is 17.9 Å². The van der Waals surface area contributed by atoms with Crippen molar-refractivity contribution in [3.8, 4) is 23.0 Å². The molecule has 0 aromatic heterocycles. The van der Waals surface area contributed by atoms with Gasteiger partial charge in [0.15, 0.2) is 11.5 Å². The summed E-state index contributed by atoms with van der Waals surface area (Å²) in [7, 11) is 2.99. The molecule has 0 saturated heterocycles. The average Bonchev–Trinajstić information content (AvgIpc) is 2.59. The van der Waals surface area contributed by atoms with Gasteiger partial charge in [-0.15, -0.1) is 0 Å². The first kappa shape index (κ1) is 17.0. The van der Waals surface area contributed by atoms with Gasteiger partial charge >= 0.3 is 0 Å². The van der Waals surface area contributed by atoms with Crippen molar-refractivity contribution in [3.63, 3.8) is 0 Å². The van der Waals surface area contributed by atoms with Crippen LogP contribution in [0.5, 0.6) is 23.0 Å². The normalized spacial score (nSPS) is 10.0. The lowest BCUT2D eigenvalue weighted by molar-refractivity contribution is 0.112. The number of hydrogen-bond acceptors (Lipinski definition) is 5. The molecule has 0 atom stereocenters. The van der Waals surface area contributed by atoms with Crippen LogP contribution in [0.4, 0.5) is 0 Å². The van der Waals surface area contributed by atoms with Gasteiger partial charge in [-0.1, -0.05) is 23.7 Å². The first-order chi connectivity index (χ1) is 11.2. The molecule has 0 amide bonds. The Kier molecular flexibility index (Phi) is 6.11. The third-order valence-electron chi connectivity index (χ3n) is 3.04. The molecule has 0 aliphatic heterocycles. The zero-order valence-corrected chi connectivity index (χ0v) is 13.6. The fourth-order valence-corrected chi connectivity index (χ4v) is 2.16. The molecule has 0 fully saturated rings. The van der Waals surface area contributed by atoms with Gasteiger partial charge in [0.05, 0.1) is 19.2 Å². The van der Waals surface area contributed by atoms with Gasteiger partial charge in [-0.05, 0) is 24.3 Å². The number of rotatable bonds is 8. The number of ether oxygens (including phenoxy) is 4. The van der Waals surface area contributed by atoms with E-state index in [1.807, 2.05) is 12.1 Å². The first-order valence-corrected chi connectivity index (χ1v) is 7.28. The number of para-hydroxylation sites is 1. The van der Waals surface area contributed by atoms with Gasteiger partial charge in [0.2, 0.25) is 5.75 Å². The van der Waals surface area contributed by atoms with Crippen molar-refractivity contribution in [3.05, 3.63) is 47.0 Å². The van der Waals surface area contributed by atoms with E-state index >= 15 is 0 Å². The third-order valence-corrected chi connectivity index (χ3v) is 3.36. The minimum atomic E-state index is 0.262. The Hall–Kier alpha value is -2.40. The van der Waals surface area contributed by atoms with Gasteiger partial charge in [-0.3, -0.25) is 4.79 Å². The number of carbonyl (C=O) groups excluding carboxylic acids is 1. The second-order valence-electron chi connectivity index (χ2n) is 4.50. The highest BCUT2D eigenvalue weighted by Crippen LogP contribution is 2.38. The quantitative estimate of drug-likeness (QED) is 0.544. The van der Waals surface area contributed by atoms with Crippen LogP contribution in [0.1, 0.15) is 10.4 Å². The molecule has 122 valence electrons. The van der Waals surface area contributed by atoms with Crippen LogP contribution >= 0.6 is 11.6 Å². The van der Waals surface area contributed by atoms with Gasteiger partial charge in [0.25, 0.3) is 0 Å². The van der Waals surface area contributed by atoms with E-state index in [0.29, 0.717) is 40.2 Å². The molecule has 0 radical (unpaired) electrons. The van der Waals surface area contributed by atoms with E-state index < -0.39 is 0 Å². The fraction of sp³-hybridized carbons (Fsp3) is 0.235. The second-order valence-corrected chi connectivity index (χ2v) is 4.91. The largest absolute Gasteiger partial charge is 0.493 e. The summed E-state index contributed by atoms with van der Waals surface area (Å²) in [6.45, 7) is 0.559. The molecule has 2 rings (SSSR count). The number of aldehydes is 1. The van der Waals surface area contributed by atoms with Crippen LogP contribution in [-0.2, 0) is 0 Å². The molecule has 0 spiro atoms. The minimum absolute atomic E-state index is 0.262. The molecule has 23 heavy (non-hydrogen) atoms. The van der Waals surface area contributed by atoms with Crippen molar-refractivity contribution in [1.29, 1.82) is 0 Å². The molecule has 6 heteroatoms. The van der Waals surface area contributed by atoms with Crippen molar-refractivity contribution in [2.45, 2.75) is 0 Å². The summed E-state index contributed by atoms with van der Waals surface area (Å²) in [5.41, 5.74) is 0.443. The summed E-state index contributed by atoms with van der Waals surface area (Å²) in [6, 6.07) is 10.4. The summed E-state index contributed by atoms with van der Waals surface area (Å²) in [5.74, 6) is 1.85. The molecule has 2 aromatic rings. The van der Waals surface area contributed by atoms with Gasteiger partial charge in [0.1, 0.15) is 25.2 Å². The zero-order valence-electron chi connectivity index (χ0n) is 12.9. The maximum atomic E-state index is 10.9. The smallest absolute Gasteiger partial charge is 0.203 e. The van der Waals surface area contributed by atoms with Crippen molar-refractivity contribution in [2.75, 3.05) is 27.4 Å². The Morgan fingerprint density at radius 1 is 0.957 bits per heavy atom. The van der Waals surface area contributed by atoms with E-state index in [-0.39, 0.29) is 6.61 Å². The lowest BCUT2D eigenvalue weighted by Crippen LogP contribution is -2.10. The fourth-order valence-electron chi connectivity index (χ4n) is 1.97. The Balaban J connectivity index is 2.02. The number of halogens is 1. The zero-order chi connectivity index (χ0) is 16.7. The lowest BCUT2D eigenvalue weighted by atomic mass is 10.2. The van der Waals surface area contributed by atoms with E-state index in [9.17, 15) is 4.79 Å². The monoisotopic (exact) mass is 336 g/mol. The van der Waals surface area contributed by atoms with E-state index in [1.54, 1.807) is 24.3 Å². The molecule has 0 unspecified atom stereocenters. The molecule has 2 aromatic carbocycles. The van der Waals surface area contributed by atoms with Crippen molar-refractivity contribution in [1.82, 2.24) is 0 Å². The van der Waals surface area contributed by atoms with E-state index in [1.165, 1.54) is 14.2 Å². The predicted molar refractivity (Wildman–Crippen MR) is 87.4 cm³/mol. The summed E-state index contributed by atoms with van der Waals surface area (Å²) < 4.78 is 21.7. The molecule has 0 aliphatic carbocycles. The lowest BCUT2D eigenvalue weighted by Gasteiger charge is -2.15. The maximum Gasteiger partial charge on any atom is 0.203 e. The van der Waals surface area contributed by atoms with E-state index in [4.69, 9.17) is 30.5 Å². The van der Waals surface area contributed by atoms with Crippen molar-refractivity contribution in [2.24, 2.45) is 0 Å². The van der Waals surface area contributed by atoms with Crippen LogP contribution in [-0.4, -0.2) is 33.7 Å². The highest BCUT2D eigenvalue weighted by molar-refractivity contribution is 6.32.